The van der Waals surface area contributed by atoms with Gasteiger partial charge in [-0.15, -0.1) is 0 Å². The van der Waals surface area contributed by atoms with Crippen molar-refractivity contribution in [2.45, 2.75) is 13.8 Å². The van der Waals surface area contributed by atoms with E-state index >= 15 is 0 Å². The molecule has 1 aromatic heterocycles. The Bertz CT molecular complexity index is 725. The summed E-state index contributed by atoms with van der Waals surface area (Å²) in [6.45, 7) is 3.47. The summed E-state index contributed by atoms with van der Waals surface area (Å²) in [5.74, 6) is 0.453. The number of rotatable bonds is 6. The maximum absolute atomic E-state index is 11.9. The standard InChI is InChI=1S/C13H17N3O4S/c1-9-10(2)15-20-13(9)16-21(17,18)7-6-19-12-5-3-4-11(14)8-12/h3-5,8,16H,6-7,14H2,1-2H3. The molecular weight excluding hydrogens is 294 g/mol. The lowest BCUT2D eigenvalue weighted by Gasteiger charge is -2.08. The molecule has 0 aliphatic rings. The largest absolute Gasteiger partial charge is 0.492 e. The second-order valence-electron chi connectivity index (χ2n) is 4.56. The zero-order valence-corrected chi connectivity index (χ0v) is 12.6. The van der Waals surface area contributed by atoms with Crippen LogP contribution < -0.4 is 15.2 Å². The van der Waals surface area contributed by atoms with Crippen molar-refractivity contribution >= 4 is 21.6 Å². The lowest BCUT2D eigenvalue weighted by molar-refractivity contribution is 0.341. The molecule has 0 spiro atoms. The Labute approximate surface area is 123 Å². The number of ether oxygens (including phenoxy) is 1. The fourth-order valence-electron chi connectivity index (χ4n) is 1.58. The molecule has 0 aliphatic heterocycles. The Morgan fingerprint density at radius 3 is 2.76 bits per heavy atom. The number of hydrogen-bond acceptors (Lipinski definition) is 6. The van der Waals surface area contributed by atoms with Gasteiger partial charge in [-0.1, -0.05) is 11.2 Å². The minimum Gasteiger partial charge on any atom is -0.492 e. The SMILES string of the molecule is Cc1noc(NS(=O)(=O)CCOc2cccc(N)c2)c1C. The van der Waals surface area contributed by atoms with Gasteiger partial charge in [-0.05, 0) is 26.0 Å². The van der Waals surface area contributed by atoms with E-state index in [-0.39, 0.29) is 18.2 Å². The van der Waals surface area contributed by atoms with Crippen LogP contribution >= 0.6 is 0 Å². The summed E-state index contributed by atoms with van der Waals surface area (Å²) in [4.78, 5) is 0. The van der Waals surface area contributed by atoms with Gasteiger partial charge in [0.2, 0.25) is 15.9 Å². The molecule has 0 bridgehead atoms. The number of benzene rings is 1. The van der Waals surface area contributed by atoms with Gasteiger partial charge >= 0.3 is 0 Å². The lowest BCUT2D eigenvalue weighted by atomic mass is 10.3. The van der Waals surface area contributed by atoms with E-state index in [4.69, 9.17) is 15.0 Å². The second-order valence-corrected chi connectivity index (χ2v) is 6.41. The molecule has 1 aromatic carbocycles. The van der Waals surface area contributed by atoms with E-state index in [0.717, 1.165) is 0 Å². The second kappa shape index (κ2) is 6.04. The zero-order valence-electron chi connectivity index (χ0n) is 11.8. The molecule has 0 fully saturated rings. The summed E-state index contributed by atoms with van der Waals surface area (Å²) >= 11 is 0. The molecule has 0 unspecified atom stereocenters. The van der Waals surface area contributed by atoms with Crippen LogP contribution in [0.5, 0.6) is 5.75 Å². The summed E-state index contributed by atoms with van der Waals surface area (Å²) in [6.07, 6.45) is 0. The summed E-state index contributed by atoms with van der Waals surface area (Å²) in [7, 11) is -3.56. The molecule has 1 heterocycles. The van der Waals surface area contributed by atoms with Crippen LogP contribution in [0.3, 0.4) is 0 Å². The number of sulfonamides is 1. The highest BCUT2D eigenvalue weighted by Crippen LogP contribution is 2.19. The first-order valence-electron chi connectivity index (χ1n) is 6.29. The van der Waals surface area contributed by atoms with Crippen molar-refractivity contribution in [1.82, 2.24) is 5.16 Å². The number of anilines is 2. The fraction of sp³-hybridized carbons (Fsp3) is 0.308. The quantitative estimate of drug-likeness (QED) is 0.786. The summed E-state index contributed by atoms with van der Waals surface area (Å²) in [5.41, 5.74) is 7.47. The first-order chi connectivity index (χ1) is 9.87. The summed E-state index contributed by atoms with van der Waals surface area (Å²) in [6, 6.07) is 6.79. The molecule has 114 valence electrons. The van der Waals surface area contributed by atoms with Crippen LogP contribution in [-0.4, -0.2) is 25.9 Å². The highest BCUT2D eigenvalue weighted by Gasteiger charge is 2.16. The van der Waals surface area contributed by atoms with E-state index in [1.54, 1.807) is 38.1 Å². The smallest absolute Gasteiger partial charge is 0.241 e. The van der Waals surface area contributed by atoms with Crippen molar-refractivity contribution in [3.05, 3.63) is 35.5 Å². The average Bonchev–Trinajstić information content (AvgIpc) is 2.70. The van der Waals surface area contributed by atoms with E-state index in [9.17, 15) is 8.42 Å². The first-order valence-corrected chi connectivity index (χ1v) is 7.94. The van der Waals surface area contributed by atoms with Gasteiger partial charge in [-0.3, -0.25) is 4.72 Å². The number of nitrogens with zero attached hydrogens (tertiary/aromatic N) is 1. The Hall–Kier alpha value is -2.22. The van der Waals surface area contributed by atoms with Gasteiger partial charge in [0.1, 0.15) is 18.1 Å². The molecule has 2 rings (SSSR count). The molecule has 8 heteroatoms. The Morgan fingerprint density at radius 2 is 2.14 bits per heavy atom. The Morgan fingerprint density at radius 1 is 1.38 bits per heavy atom. The van der Waals surface area contributed by atoms with E-state index in [1.807, 2.05) is 0 Å². The summed E-state index contributed by atoms with van der Waals surface area (Å²) in [5, 5.41) is 3.69. The number of nitrogens with two attached hydrogens (primary N) is 1. The molecule has 0 radical (unpaired) electrons. The van der Waals surface area contributed by atoms with Crippen LogP contribution in [0.2, 0.25) is 0 Å². The van der Waals surface area contributed by atoms with E-state index < -0.39 is 10.0 Å². The van der Waals surface area contributed by atoms with E-state index in [2.05, 4.69) is 9.88 Å². The molecule has 0 saturated carbocycles. The minimum atomic E-state index is -3.56. The number of nitrogen functional groups attached to an aromatic ring is 1. The predicted molar refractivity (Wildman–Crippen MR) is 79.7 cm³/mol. The molecule has 0 aliphatic carbocycles. The Kier molecular flexibility index (Phi) is 4.37. The molecule has 2 aromatic rings. The number of hydrogen-bond donors (Lipinski definition) is 2. The molecule has 3 N–H and O–H groups in total. The van der Waals surface area contributed by atoms with Crippen molar-refractivity contribution in [2.24, 2.45) is 0 Å². The third-order valence-electron chi connectivity index (χ3n) is 2.88. The summed E-state index contributed by atoms with van der Waals surface area (Å²) < 4.78 is 36.4. The number of aromatic nitrogens is 1. The van der Waals surface area contributed by atoms with Crippen LogP contribution in [0.1, 0.15) is 11.3 Å². The predicted octanol–water partition coefficient (Wildman–Crippen LogP) is 1.69. The normalized spacial score (nSPS) is 11.3. The van der Waals surface area contributed by atoms with E-state index in [1.165, 1.54) is 0 Å². The van der Waals surface area contributed by atoms with Gasteiger partial charge in [0.15, 0.2) is 0 Å². The molecule has 0 atom stereocenters. The number of nitrogens with one attached hydrogen (secondary N) is 1. The third-order valence-corrected chi connectivity index (χ3v) is 4.08. The van der Waals surface area contributed by atoms with Crippen LogP contribution in [0, 0.1) is 13.8 Å². The van der Waals surface area contributed by atoms with Crippen LogP contribution in [0.4, 0.5) is 11.6 Å². The van der Waals surface area contributed by atoms with Gasteiger partial charge in [-0.2, -0.15) is 0 Å². The van der Waals surface area contributed by atoms with Gasteiger partial charge in [0.25, 0.3) is 0 Å². The maximum Gasteiger partial charge on any atom is 0.241 e. The van der Waals surface area contributed by atoms with Gasteiger partial charge in [-0.25, -0.2) is 8.42 Å². The van der Waals surface area contributed by atoms with Crippen molar-refractivity contribution < 1.29 is 17.7 Å². The van der Waals surface area contributed by atoms with Crippen molar-refractivity contribution in [3.8, 4) is 5.75 Å². The monoisotopic (exact) mass is 311 g/mol. The number of aryl methyl sites for hydroxylation is 1. The molecule has 21 heavy (non-hydrogen) atoms. The third kappa shape index (κ3) is 4.12. The van der Waals surface area contributed by atoms with Gasteiger partial charge in [0, 0.05) is 17.3 Å². The van der Waals surface area contributed by atoms with Gasteiger partial charge < -0.3 is 15.0 Å². The molecular formula is C13H17N3O4S. The maximum atomic E-state index is 11.9. The van der Waals surface area contributed by atoms with E-state index in [0.29, 0.717) is 22.7 Å². The fourth-order valence-corrected chi connectivity index (χ4v) is 2.45. The topological polar surface area (TPSA) is 107 Å². The van der Waals surface area contributed by atoms with Crippen LogP contribution in [-0.2, 0) is 10.0 Å². The lowest BCUT2D eigenvalue weighted by Crippen LogP contribution is -2.21. The molecule has 0 amide bonds. The molecule has 7 nitrogen and oxygen atoms in total. The highest BCUT2D eigenvalue weighted by atomic mass is 32.2. The average molecular weight is 311 g/mol. The molecule has 0 saturated heterocycles. The van der Waals surface area contributed by atoms with Crippen LogP contribution in [0.15, 0.2) is 28.8 Å². The first kappa shape index (κ1) is 15.2. The van der Waals surface area contributed by atoms with Crippen molar-refractivity contribution in [2.75, 3.05) is 22.8 Å². The van der Waals surface area contributed by atoms with Crippen LogP contribution in [0.25, 0.3) is 0 Å². The van der Waals surface area contributed by atoms with Gasteiger partial charge in [0.05, 0.1) is 5.69 Å². The highest BCUT2D eigenvalue weighted by molar-refractivity contribution is 7.92. The zero-order chi connectivity index (χ0) is 15.5. The van der Waals surface area contributed by atoms with Crippen molar-refractivity contribution in [1.29, 1.82) is 0 Å². The Balaban J connectivity index is 1.91. The van der Waals surface area contributed by atoms with Crippen molar-refractivity contribution in [3.63, 3.8) is 0 Å². The minimum absolute atomic E-state index is 0.00491.